The van der Waals surface area contributed by atoms with Crippen molar-refractivity contribution in [1.29, 1.82) is 0 Å². The summed E-state index contributed by atoms with van der Waals surface area (Å²) in [5, 5.41) is 3.37. The first-order valence-corrected chi connectivity index (χ1v) is 9.21. The zero-order chi connectivity index (χ0) is 14.6. The van der Waals surface area contributed by atoms with Gasteiger partial charge in [-0.3, -0.25) is 0 Å². The van der Waals surface area contributed by atoms with Gasteiger partial charge in [-0.2, -0.15) is 0 Å². The second kappa shape index (κ2) is 6.78. The Labute approximate surface area is 126 Å². The molecule has 0 spiro atoms. The van der Waals surface area contributed by atoms with Gasteiger partial charge in [0.1, 0.15) is 0 Å². The van der Waals surface area contributed by atoms with Crippen LogP contribution in [-0.2, 0) is 15.9 Å². The summed E-state index contributed by atoms with van der Waals surface area (Å²) in [6.07, 6.45) is 3.29. The van der Waals surface area contributed by atoms with Gasteiger partial charge in [-0.15, -0.1) is 11.6 Å². The number of hydrogen-bond donors (Lipinski definition) is 1. The standard InChI is InChI=1S/C14H21ClN2O2S/c1-20(18,19)17-8-2-3-13(11-17)10-16-14-6-4-12(9-15)5-7-14/h4-7,13,16H,2-3,8-11H2,1H3. The lowest BCUT2D eigenvalue weighted by atomic mass is 9.99. The Balaban J connectivity index is 1.87. The summed E-state index contributed by atoms with van der Waals surface area (Å²) >= 11 is 5.75. The largest absolute Gasteiger partial charge is 0.385 e. The molecule has 0 aromatic heterocycles. The molecule has 20 heavy (non-hydrogen) atoms. The van der Waals surface area contributed by atoms with Gasteiger partial charge in [0.05, 0.1) is 6.26 Å². The molecule has 1 heterocycles. The fraction of sp³-hybridized carbons (Fsp3) is 0.571. The average molecular weight is 317 g/mol. The summed E-state index contributed by atoms with van der Waals surface area (Å²) in [5.41, 5.74) is 2.15. The summed E-state index contributed by atoms with van der Waals surface area (Å²) in [6.45, 7) is 2.07. The summed E-state index contributed by atoms with van der Waals surface area (Å²) in [6, 6.07) is 8.02. The maximum atomic E-state index is 11.6. The Morgan fingerprint density at radius 2 is 2.05 bits per heavy atom. The van der Waals surface area contributed by atoms with E-state index < -0.39 is 10.0 Å². The smallest absolute Gasteiger partial charge is 0.211 e. The number of nitrogens with zero attached hydrogens (tertiary/aromatic N) is 1. The molecule has 0 saturated carbocycles. The van der Waals surface area contributed by atoms with Crippen LogP contribution in [0, 0.1) is 5.92 Å². The van der Waals surface area contributed by atoms with Crippen LogP contribution in [0.25, 0.3) is 0 Å². The lowest BCUT2D eigenvalue weighted by Gasteiger charge is -2.31. The van der Waals surface area contributed by atoms with Crippen molar-refractivity contribution in [3.05, 3.63) is 29.8 Å². The monoisotopic (exact) mass is 316 g/mol. The number of alkyl halides is 1. The van der Waals surface area contributed by atoms with E-state index in [0.29, 0.717) is 24.9 Å². The highest BCUT2D eigenvalue weighted by Crippen LogP contribution is 2.20. The minimum absolute atomic E-state index is 0.367. The van der Waals surface area contributed by atoms with Gasteiger partial charge in [-0.1, -0.05) is 12.1 Å². The molecule has 0 aliphatic carbocycles. The van der Waals surface area contributed by atoms with Gasteiger partial charge in [0.2, 0.25) is 10.0 Å². The third kappa shape index (κ3) is 4.36. The van der Waals surface area contributed by atoms with Crippen molar-refractivity contribution in [2.75, 3.05) is 31.2 Å². The number of piperidine rings is 1. The van der Waals surface area contributed by atoms with Crippen molar-refractivity contribution in [2.24, 2.45) is 5.92 Å². The maximum Gasteiger partial charge on any atom is 0.211 e. The van der Waals surface area contributed by atoms with Crippen molar-refractivity contribution < 1.29 is 8.42 Å². The molecule has 1 aliphatic heterocycles. The fourth-order valence-corrected chi connectivity index (χ4v) is 3.59. The Kier molecular flexibility index (Phi) is 5.29. The average Bonchev–Trinajstić information content (AvgIpc) is 2.45. The lowest BCUT2D eigenvalue weighted by molar-refractivity contribution is 0.277. The molecule has 2 rings (SSSR count). The van der Waals surface area contributed by atoms with Gasteiger partial charge in [0.25, 0.3) is 0 Å². The number of benzene rings is 1. The quantitative estimate of drug-likeness (QED) is 0.849. The van der Waals surface area contributed by atoms with Crippen molar-refractivity contribution in [3.63, 3.8) is 0 Å². The summed E-state index contributed by atoms with van der Waals surface area (Å²) in [7, 11) is -3.06. The molecule has 0 radical (unpaired) electrons. The number of halogens is 1. The van der Waals surface area contributed by atoms with Crippen LogP contribution in [0.3, 0.4) is 0 Å². The van der Waals surface area contributed by atoms with E-state index in [4.69, 9.17) is 11.6 Å². The normalized spacial score (nSPS) is 20.8. The van der Waals surface area contributed by atoms with E-state index in [1.165, 1.54) is 6.26 Å². The molecule has 4 nitrogen and oxygen atoms in total. The molecule has 1 aromatic carbocycles. The van der Waals surface area contributed by atoms with Crippen LogP contribution in [0.4, 0.5) is 5.69 Å². The number of anilines is 1. The highest BCUT2D eigenvalue weighted by atomic mass is 35.5. The molecular formula is C14H21ClN2O2S. The highest BCUT2D eigenvalue weighted by molar-refractivity contribution is 7.88. The third-order valence-corrected chi connectivity index (χ3v) is 5.23. The fourth-order valence-electron chi connectivity index (χ4n) is 2.47. The van der Waals surface area contributed by atoms with Gasteiger partial charge in [0.15, 0.2) is 0 Å². The molecule has 1 fully saturated rings. The second-order valence-electron chi connectivity index (χ2n) is 5.34. The van der Waals surface area contributed by atoms with E-state index in [9.17, 15) is 8.42 Å². The molecule has 1 atom stereocenters. The topological polar surface area (TPSA) is 49.4 Å². The number of hydrogen-bond acceptors (Lipinski definition) is 3. The second-order valence-corrected chi connectivity index (χ2v) is 7.59. The Morgan fingerprint density at radius 3 is 2.65 bits per heavy atom. The lowest BCUT2D eigenvalue weighted by Crippen LogP contribution is -2.41. The first kappa shape index (κ1) is 15.6. The molecule has 0 amide bonds. The summed E-state index contributed by atoms with van der Waals surface area (Å²) in [5.74, 6) is 0.887. The van der Waals surface area contributed by atoms with Crippen LogP contribution in [-0.4, -0.2) is 38.6 Å². The van der Waals surface area contributed by atoms with E-state index in [-0.39, 0.29) is 0 Å². The van der Waals surface area contributed by atoms with E-state index in [1.807, 2.05) is 24.3 Å². The van der Waals surface area contributed by atoms with Gasteiger partial charge in [-0.25, -0.2) is 12.7 Å². The van der Waals surface area contributed by atoms with Crippen molar-refractivity contribution in [1.82, 2.24) is 4.31 Å². The van der Waals surface area contributed by atoms with Crippen LogP contribution in [0.5, 0.6) is 0 Å². The molecule has 1 aromatic rings. The molecule has 1 unspecified atom stereocenters. The van der Waals surface area contributed by atoms with E-state index >= 15 is 0 Å². The van der Waals surface area contributed by atoms with Crippen molar-refractivity contribution >= 4 is 27.3 Å². The molecule has 0 bridgehead atoms. The third-order valence-electron chi connectivity index (χ3n) is 3.65. The SMILES string of the molecule is CS(=O)(=O)N1CCCC(CNc2ccc(CCl)cc2)C1. The molecular weight excluding hydrogens is 296 g/mol. The van der Waals surface area contributed by atoms with Crippen LogP contribution in [0.2, 0.25) is 0 Å². The number of sulfonamides is 1. The number of nitrogens with one attached hydrogen (secondary N) is 1. The van der Waals surface area contributed by atoms with Gasteiger partial charge < -0.3 is 5.32 Å². The first-order valence-electron chi connectivity index (χ1n) is 6.83. The summed E-state index contributed by atoms with van der Waals surface area (Å²) < 4.78 is 24.7. The van der Waals surface area contributed by atoms with E-state index in [1.54, 1.807) is 4.31 Å². The van der Waals surface area contributed by atoms with Crippen molar-refractivity contribution in [2.45, 2.75) is 18.7 Å². The van der Waals surface area contributed by atoms with Crippen LogP contribution in [0.15, 0.2) is 24.3 Å². The Hall–Kier alpha value is -0.780. The molecule has 1 saturated heterocycles. The minimum atomic E-state index is -3.06. The Bertz CT molecular complexity index is 531. The van der Waals surface area contributed by atoms with Crippen LogP contribution < -0.4 is 5.32 Å². The predicted octanol–water partition coefficient (Wildman–Crippen LogP) is 2.51. The van der Waals surface area contributed by atoms with E-state index in [2.05, 4.69) is 5.32 Å². The van der Waals surface area contributed by atoms with Gasteiger partial charge >= 0.3 is 0 Å². The number of rotatable bonds is 5. The molecule has 1 N–H and O–H groups in total. The zero-order valence-corrected chi connectivity index (χ0v) is 13.3. The van der Waals surface area contributed by atoms with E-state index in [0.717, 1.165) is 30.6 Å². The van der Waals surface area contributed by atoms with Crippen molar-refractivity contribution in [3.8, 4) is 0 Å². The zero-order valence-electron chi connectivity index (χ0n) is 11.7. The molecule has 6 heteroatoms. The first-order chi connectivity index (χ1) is 9.49. The van der Waals surface area contributed by atoms with Gasteiger partial charge in [-0.05, 0) is 36.5 Å². The van der Waals surface area contributed by atoms with Crippen LogP contribution >= 0.6 is 11.6 Å². The molecule has 1 aliphatic rings. The Morgan fingerprint density at radius 1 is 1.35 bits per heavy atom. The maximum absolute atomic E-state index is 11.6. The summed E-state index contributed by atoms with van der Waals surface area (Å²) in [4.78, 5) is 0. The van der Waals surface area contributed by atoms with Crippen LogP contribution in [0.1, 0.15) is 18.4 Å². The molecule has 112 valence electrons. The van der Waals surface area contributed by atoms with Gasteiger partial charge in [0, 0.05) is 31.2 Å². The minimum Gasteiger partial charge on any atom is -0.385 e. The highest BCUT2D eigenvalue weighted by Gasteiger charge is 2.25. The predicted molar refractivity (Wildman–Crippen MR) is 83.6 cm³/mol.